The number of phenols is 1. The Balaban J connectivity index is 2.05. The van der Waals surface area contributed by atoms with E-state index in [1.54, 1.807) is 12.1 Å². The molecule has 2 N–H and O–H groups in total. The zero-order chi connectivity index (χ0) is 16.5. The second-order valence-corrected chi connectivity index (χ2v) is 9.23. The van der Waals surface area contributed by atoms with Gasteiger partial charge in [0.2, 0.25) is 5.91 Å². The van der Waals surface area contributed by atoms with Crippen molar-refractivity contribution in [1.29, 1.82) is 0 Å². The van der Waals surface area contributed by atoms with Gasteiger partial charge in [0.15, 0.2) is 9.84 Å². The molecule has 1 amide bonds. The number of carbonyl (C=O) groups is 1. The number of nitrogens with one attached hydrogen (secondary N) is 1. The number of rotatable bonds is 3. The fourth-order valence-electron chi connectivity index (χ4n) is 2.60. The zero-order valence-corrected chi connectivity index (χ0v) is 14.0. The van der Waals surface area contributed by atoms with E-state index < -0.39 is 9.84 Å². The first-order chi connectivity index (χ1) is 10.1. The number of phenolic OH excluding ortho intramolecular Hbond substituents is 1. The standard InChI is InChI=1S/C16H23NO4S/c1-16(2,3)12-4-5-14(18)13(9-12)17-15(19)8-11-6-7-22(20,21)10-11/h4-5,9,11,18H,6-8,10H2,1-3H3,(H,17,19). The maximum atomic E-state index is 12.1. The summed E-state index contributed by atoms with van der Waals surface area (Å²) in [5.41, 5.74) is 1.29. The number of amides is 1. The zero-order valence-electron chi connectivity index (χ0n) is 13.2. The second kappa shape index (κ2) is 5.91. The van der Waals surface area contributed by atoms with Crippen LogP contribution in [0.3, 0.4) is 0 Å². The highest BCUT2D eigenvalue weighted by atomic mass is 32.2. The van der Waals surface area contributed by atoms with Gasteiger partial charge in [0.1, 0.15) is 5.75 Å². The summed E-state index contributed by atoms with van der Waals surface area (Å²) in [4.78, 5) is 12.1. The van der Waals surface area contributed by atoms with Gasteiger partial charge in [-0.05, 0) is 35.4 Å². The quantitative estimate of drug-likeness (QED) is 0.836. The number of aromatic hydroxyl groups is 1. The van der Waals surface area contributed by atoms with E-state index in [4.69, 9.17) is 0 Å². The normalized spacial score (nSPS) is 20.8. The average molecular weight is 325 g/mol. The Hall–Kier alpha value is -1.56. The molecule has 1 aliphatic heterocycles. The second-order valence-electron chi connectivity index (χ2n) is 7.00. The molecule has 0 spiro atoms. The SMILES string of the molecule is CC(C)(C)c1ccc(O)c(NC(=O)CC2CCS(=O)(=O)C2)c1. The summed E-state index contributed by atoms with van der Waals surface area (Å²) >= 11 is 0. The lowest BCUT2D eigenvalue weighted by atomic mass is 9.87. The third-order valence-electron chi connectivity index (χ3n) is 3.94. The van der Waals surface area contributed by atoms with Gasteiger partial charge in [0.05, 0.1) is 17.2 Å². The number of anilines is 1. The Kier molecular flexibility index (Phi) is 4.52. The van der Waals surface area contributed by atoms with Crippen LogP contribution in [0.1, 0.15) is 39.2 Å². The minimum atomic E-state index is -2.98. The number of carbonyl (C=O) groups excluding carboxylic acids is 1. The molecule has 1 unspecified atom stereocenters. The Labute approximate surface area is 131 Å². The third-order valence-corrected chi connectivity index (χ3v) is 5.77. The minimum absolute atomic E-state index is 0.0143. The number of hydrogen-bond acceptors (Lipinski definition) is 4. The van der Waals surface area contributed by atoms with Crippen molar-refractivity contribution >= 4 is 21.4 Å². The highest BCUT2D eigenvalue weighted by Crippen LogP contribution is 2.31. The Bertz CT molecular complexity index is 674. The number of hydrogen-bond donors (Lipinski definition) is 2. The van der Waals surface area contributed by atoms with E-state index in [0.717, 1.165) is 5.56 Å². The van der Waals surface area contributed by atoms with Crippen LogP contribution in [0.5, 0.6) is 5.75 Å². The van der Waals surface area contributed by atoms with E-state index in [9.17, 15) is 18.3 Å². The van der Waals surface area contributed by atoms with Gasteiger partial charge in [0, 0.05) is 6.42 Å². The lowest BCUT2D eigenvalue weighted by Crippen LogP contribution is -2.18. The molecular formula is C16H23NO4S. The Morgan fingerprint density at radius 3 is 2.59 bits per heavy atom. The number of benzene rings is 1. The predicted octanol–water partition coefficient (Wildman–Crippen LogP) is 2.45. The molecular weight excluding hydrogens is 302 g/mol. The van der Waals surface area contributed by atoms with Crippen LogP contribution in [0, 0.1) is 5.92 Å². The summed E-state index contributed by atoms with van der Waals surface area (Å²) in [6, 6.07) is 5.16. The van der Waals surface area contributed by atoms with Gasteiger partial charge in [-0.2, -0.15) is 0 Å². The Morgan fingerprint density at radius 2 is 2.05 bits per heavy atom. The fraction of sp³-hybridized carbons (Fsp3) is 0.562. The molecule has 0 aliphatic carbocycles. The van der Waals surface area contributed by atoms with Crippen molar-refractivity contribution in [2.45, 2.75) is 39.0 Å². The first-order valence-corrected chi connectivity index (χ1v) is 9.23. The predicted molar refractivity (Wildman–Crippen MR) is 86.8 cm³/mol. The van der Waals surface area contributed by atoms with Crippen LogP contribution in [-0.4, -0.2) is 30.9 Å². The summed E-state index contributed by atoms with van der Waals surface area (Å²) in [5.74, 6) is -0.133. The smallest absolute Gasteiger partial charge is 0.224 e. The molecule has 22 heavy (non-hydrogen) atoms. The van der Waals surface area contributed by atoms with Crippen LogP contribution < -0.4 is 5.32 Å². The fourth-order valence-corrected chi connectivity index (χ4v) is 4.46. The molecule has 6 heteroatoms. The minimum Gasteiger partial charge on any atom is -0.506 e. The van der Waals surface area contributed by atoms with E-state index >= 15 is 0 Å². The van der Waals surface area contributed by atoms with Crippen molar-refractivity contribution in [1.82, 2.24) is 0 Å². The molecule has 0 aromatic heterocycles. The van der Waals surface area contributed by atoms with Crippen LogP contribution >= 0.6 is 0 Å². The molecule has 1 aromatic rings. The van der Waals surface area contributed by atoms with Crippen molar-refractivity contribution in [3.8, 4) is 5.75 Å². The van der Waals surface area contributed by atoms with Crippen molar-refractivity contribution in [2.75, 3.05) is 16.8 Å². The van der Waals surface area contributed by atoms with Gasteiger partial charge in [-0.1, -0.05) is 26.8 Å². The highest BCUT2D eigenvalue weighted by Gasteiger charge is 2.29. The molecule has 2 rings (SSSR count). The van der Waals surface area contributed by atoms with Crippen LogP contribution in [0.2, 0.25) is 0 Å². The van der Waals surface area contributed by atoms with E-state index in [0.29, 0.717) is 12.1 Å². The highest BCUT2D eigenvalue weighted by molar-refractivity contribution is 7.91. The molecule has 1 aliphatic rings. The maximum Gasteiger partial charge on any atom is 0.224 e. The molecule has 1 heterocycles. The van der Waals surface area contributed by atoms with Gasteiger partial charge >= 0.3 is 0 Å². The molecule has 5 nitrogen and oxygen atoms in total. The topological polar surface area (TPSA) is 83.5 Å². The van der Waals surface area contributed by atoms with Crippen molar-refractivity contribution in [3.05, 3.63) is 23.8 Å². The summed E-state index contributed by atoms with van der Waals surface area (Å²) in [6.07, 6.45) is 0.697. The molecule has 1 atom stereocenters. The summed E-state index contributed by atoms with van der Waals surface area (Å²) in [6.45, 7) is 6.15. The van der Waals surface area contributed by atoms with Gasteiger partial charge in [0.25, 0.3) is 0 Å². The van der Waals surface area contributed by atoms with Crippen LogP contribution in [-0.2, 0) is 20.0 Å². The molecule has 1 saturated heterocycles. The van der Waals surface area contributed by atoms with Crippen LogP contribution in [0.4, 0.5) is 5.69 Å². The van der Waals surface area contributed by atoms with Crippen molar-refractivity contribution in [2.24, 2.45) is 5.92 Å². The number of sulfone groups is 1. The maximum absolute atomic E-state index is 12.1. The molecule has 0 bridgehead atoms. The average Bonchev–Trinajstić information content (AvgIpc) is 2.70. The molecule has 1 fully saturated rings. The lowest BCUT2D eigenvalue weighted by molar-refractivity contribution is -0.116. The van der Waals surface area contributed by atoms with Gasteiger partial charge in [-0.3, -0.25) is 4.79 Å². The molecule has 1 aromatic carbocycles. The van der Waals surface area contributed by atoms with Gasteiger partial charge in [-0.15, -0.1) is 0 Å². The third kappa shape index (κ3) is 4.22. The molecule has 122 valence electrons. The largest absolute Gasteiger partial charge is 0.506 e. The van der Waals surface area contributed by atoms with E-state index in [-0.39, 0.29) is 40.9 Å². The summed E-state index contributed by atoms with van der Waals surface area (Å²) < 4.78 is 22.8. The Morgan fingerprint density at radius 1 is 1.36 bits per heavy atom. The van der Waals surface area contributed by atoms with E-state index in [2.05, 4.69) is 5.32 Å². The van der Waals surface area contributed by atoms with Gasteiger partial charge < -0.3 is 10.4 Å². The van der Waals surface area contributed by atoms with E-state index in [1.807, 2.05) is 26.8 Å². The monoisotopic (exact) mass is 325 g/mol. The van der Waals surface area contributed by atoms with Crippen molar-refractivity contribution in [3.63, 3.8) is 0 Å². The molecule has 0 radical (unpaired) electrons. The first-order valence-electron chi connectivity index (χ1n) is 7.40. The van der Waals surface area contributed by atoms with Gasteiger partial charge in [-0.25, -0.2) is 8.42 Å². The first kappa shape index (κ1) is 16.8. The van der Waals surface area contributed by atoms with Crippen LogP contribution in [0.25, 0.3) is 0 Å². The lowest BCUT2D eigenvalue weighted by Gasteiger charge is -2.20. The molecule has 0 saturated carbocycles. The summed E-state index contributed by atoms with van der Waals surface area (Å²) in [7, 11) is -2.98. The van der Waals surface area contributed by atoms with E-state index in [1.165, 1.54) is 0 Å². The van der Waals surface area contributed by atoms with Crippen LogP contribution in [0.15, 0.2) is 18.2 Å². The summed E-state index contributed by atoms with van der Waals surface area (Å²) in [5, 5.41) is 12.6. The van der Waals surface area contributed by atoms with Crippen molar-refractivity contribution < 1.29 is 18.3 Å².